The zero-order valence-corrected chi connectivity index (χ0v) is 24.2. The van der Waals surface area contributed by atoms with Crippen molar-refractivity contribution in [3.05, 3.63) is 59.4 Å². The molecule has 0 aliphatic heterocycles. The number of aliphatic hydroxyl groups excluding tert-OH is 1. The number of halogens is 3. The van der Waals surface area contributed by atoms with E-state index < -0.39 is 11.9 Å². The summed E-state index contributed by atoms with van der Waals surface area (Å²) in [5.74, 6) is 1.44. The number of aromatic amines is 1. The fraction of sp³-hybridized carbons (Fsp3) is 0.533. The SMILES string of the molecule is CC.CO.Cn1cnnc1C(c1cccc(-c2n[nH]c3c(CNC4CCCC4)nc(C(F)(F)F)cc23)c1)C1CCC1. The van der Waals surface area contributed by atoms with Gasteiger partial charge in [0.25, 0.3) is 0 Å². The largest absolute Gasteiger partial charge is 0.433 e. The van der Waals surface area contributed by atoms with Crippen molar-refractivity contribution in [2.45, 2.75) is 83.5 Å². The average molecular weight is 572 g/mol. The molecule has 4 aromatic rings. The van der Waals surface area contributed by atoms with Gasteiger partial charge in [-0.25, -0.2) is 4.98 Å². The van der Waals surface area contributed by atoms with Gasteiger partial charge in [-0.05, 0) is 49.3 Å². The van der Waals surface area contributed by atoms with Gasteiger partial charge < -0.3 is 15.0 Å². The second-order valence-electron chi connectivity index (χ2n) is 10.4. The molecule has 2 aliphatic rings. The van der Waals surface area contributed by atoms with Crippen LogP contribution in [0.2, 0.25) is 0 Å². The first kappa shape index (κ1) is 30.6. The fourth-order valence-electron chi connectivity index (χ4n) is 5.80. The molecule has 8 nitrogen and oxygen atoms in total. The summed E-state index contributed by atoms with van der Waals surface area (Å²) < 4.78 is 43.5. The molecule has 0 radical (unpaired) electrons. The Morgan fingerprint density at radius 1 is 1.07 bits per heavy atom. The van der Waals surface area contributed by atoms with E-state index >= 15 is 0 Å². The number of aromatic nitrogens is 6. The van der Waals surface area contributed by atoms with Crippen molar-refractivity contribution in [1.82, 2.24) is 35.3 Å². The highest BCUT2D eigenvalue weighted by molar-refractivity contribution is 5.94. The van der Waals surface area contributed by atoms with E-state index in [1.807, 2.05) is 43.7 Å². The Kier molecular flexibility index (Phi) is 10.1. The van der Waals surface area contributed by atoms with Crippen molar-refractivity contribution in [2.24, 2.45) is 13.0 Å². The Balaban J connectivity index is 0.000000929. The van der Waals surface area contributed by atoms with Gasteiger partial charge in [-0.15, -0.1) is 10.2 Å². The lowest BCUT2D eigenvalue weighted by Crippen LogP contribution is -2.26. The van der Waals surface area contributed by atoms with E-state index in [9.17, 15) is 13.2 Å². The second kappa shape index (κ2) is 13.6. The molecule has 11 heteroatoms. The third kappa shape index (κ3) is 6.62. The molecule has 3 aromatic heterocycles. The highest BCUT2D eigenvalue weighted by Gasteiger charge is 2.35. The quantitative estimate of drug-likeness (QED) is 0.238. The lowest BCUT2D eigenvalue weighted by atomic mass is 9.72. The second-order valence-corrected chi connectivity index (χ2v) is 10.4. The smallest absolute Gasteiger partial charge is 0.400 e. The van der Waals surface area contributed by atoms with E-state index in [2.05, 4.69) is 36.8 Å². The van der Waals surface area contributed by atoms with Crippen LogP contribution >= 0.6 is 0 Å². The van der Waals surface area contributed by atoms with Crippen LogP contribution in [0.25, 0.3) is 22.2 Å². The van der Waals surface area contributed by atoms with Crippen LogP contribution in [0.4, 0.5) is 13.2 Å². The first-order valence-electron chi connectivity index (χ1n) is 14.5. The Bertz CT molecular complexity index is 1400. The van der Waals surface area contributed by atoms with Crippen molar-refractivity contribution in [3.8, 4) is 11.3 Å². The highest BCUT2D eigenvalue weighted by Crippen LogP contribution is 2.43. The molecule has 0 saturated heterocycles. The van der Waals surface area contributed by atoms with Gasteiger partial charge in [0, 0.05) is 43.6 Å². The van der Waals surface area contributed by atoms with E-state index in [0.717, 1.165) is 68.7 Å². The third-order valence-corrected chi connectivity index (χ3v) is 8.00. The van der Waals surface area contributed by atoms with Crippen LogP contribution < -0.4 is 5.32 Å². The van der Waals surface area contributed by atoms with E-state index in [4.69, 9.17) is 5.11 Å². The van der Waals surface area contributed by atoms with Crippen molar-refractivity contribution in [1.29, 1.82) is 0 Å². The molecule has 0 amide bonds. The maximum absolute atomic E-state index is 13.8. The fourth-order valence-corrected chi connectivity index (χ4v) is 5.80. The first-order valence-corrected chi connectivity index (χ1v) is 14.5. The Hall–Kier alpha value is -3.31. The van der Waals surface area contributed by atoms with Crippen LogP contribution in [0.3, 0.4) is 0 Å². The number of hydrogen-bond acceptors (Lipinski definition) is 6. The summed E-state index contributed by atoms with van der Waals surface area (Å²) in [7, 11) is 2.94. The third-order valence-electron chi connectivity index (χ3n) is 8.00. The number of pyridine rings is 1. The van der Waals surface area contributed by atoms with Gasteiger partial charge in [-0.2, -0.15) is 18.3 Å². The van der Waals surface area contributed by atoms with E-state index in [0.29, 0.717) is 34.3 Å². The zero-order chi connectivity index (χ0) is 29.6. The van der Waals surface area contributed by atoms with Gasteiger partial charge in [0.1, 0.15) is 23.5 Å². The summed E-state index contributed by atoms with van der Waals surface area (Å²) in [6, 6.07) is 9.38. The molecule has 2 saturated carbocycles. The molecule has 2 aliphatic carbocycles. The van der Waals surface area contributed by atoms with Crippen molar-refractivity contribution in [2.75, 3.05) is 7.11 Å². The predicted octanol–water partition coefficient (Wildman–Crippen LogP) is 6.37. The maximum Gasteiger partial charge on any atom is 0.433 e. The lowest BCUT2D eigenvalue weighted by molar-refractivity contribution is -0.141. The number of fused-ring (bicyclic) bond motifs is 1. The van der Waals surface area contributed by atoms with Crippen LogP contribution in [-0.4, -0.2) is 48.2 Å². The molecular weight excluding hydrogens is 531 g/mol. The monoisotopic (exact) mass is 571 g/mol. The molecule has 0 bridgehead atoms. The predicted molar refractivity (Wildman–Crippen MR) is 153 cm³/mol. The topological polar surface area (TPSA) is 105 Å². The molecule has 3 heterocycles. The molecule has 1 unspecified atom stereocenters. The summed E-state index contributed by atoms with van der Waals surface area (Å²) in [5, 5.41) is 26.8. The lowest BCUT2D eigenvalue weighted by Gasteiger charge is -2.33. The summed E-state index contributed by atoms with van der Waals surface area (Å²) in [5.41, 5.74) is 2.33. The van der Waals surface area contributed by atoms with E-state index in [1.165, 1.54) is 6.42 Å². The highest BCUT2D eigenvalue weighted by atomic mass is 19.4. The van der Waals surface area contributed by atoms with Crippen molar-refractivity contribution >= 4 is 10.9 Å². The van der Waals surface area contributed by atoms with Crippen LogP contribution in [0.15, 0.2) is 36.7 Å². The molecule has 1 aromatic carbocycles. The molecular formula is C30H40F3N7O. The zero-order valence-electron chi connectivity index (χ0n) is 24.2. The van der Waals surface area contributed by atoms with Gasteiger partial charge in [0.05, 0.1) is 11.2 Å². The summed E-state index contributed by atoms with van der Waals surface area (Å²) in [6.07, 6.45) is 4.94. The molecule has 6 rings (SSSR count). The first-order chi connectivity index (χ1) is 19.9. The molecule has 3 N–H and O–H groups in total. The van der Waals surface area contributed by atoms with Gasteiger partial charge in [-0.3, -0.25) is 5.10 Å². The molecule has 222 valence electrons. The van der Waals surface area contributed by atoms with Crippen LogP contribution in [0.1, 0.15) is 87.5 Å². The maximum atomic E-state index is 13.8. The number of nitrogens with one attached hydrogen (secondary N) is 2. The number of aliphatic hydroxyl groups is 1. The van der Waals surface area contributed by atoms with Crippen molar-refractivity contribution < 1.29 is 18.3 Å². The van der Waals surface area contributed by atoms with Crippen LogP contribution in [0.5, 0.6) is 0 Å². The number of H-pyrrole nitrogens is 1. The van der Waals surface area contributed by atoms with Gasteiger partial charge in [-0.1, -0.05) is 51.3 Å². The van der Waals surface area contributed by atoms with Gasteiger partial charge >= 0.3 is 6.18 Å². The van der Waals surface area contributed by atoms with Crippen molar-refractivity contribution in [3.63, 3.8) is 0 Å². The van der Waals surface area contributed by atoms with Crippen LogP contribution in [-0.2, 0) is 19.8 Å². The number of alkyl halides is 3. The summed E-state index contributed by atoms with van der Waals surface area (Å²) in [4.78, 5) is 3.99. The van der Waals surface area contributed by atoms with Gasteiger partial charge in [0.15, 0.2) is 0 Å². The normalized spacial score (nSPS) is 16.5. The standard InChI is InChI=1S/C27H30F3N7.C2H6.CH4O/c1-37-15-32-36-26(37)23(16-6-4-7-16)17-8-5-9-18(12-17)24-20-13-22(27(28,29)30)33-21(25(20)35-34-24)14-31-19-10-2-3-11-19;2*1-2/h5,8-9,12-13,15-16,19,23,31H,2-4,6-7,10-11,14H2,1H3,(H,34,35);1-2H3;2H,1H3. The number of aryl methyl sites for hydroxylation is 1. The van der Waals surface area contributed by atoms with Gasteiger partial charge in [0.2, 0.25) is 0 Å². The average Bonchev–Trinajstić information content (AvgIpc) is 3.72. The summed E-state index contributed by atoms with van der Waals surface area (Å²) >= 11 is 0. The molecule has 2 fully saturated rings. The minimum atomic E-state index is -4.55. The van der Waals surface area contributed by atoms with E-state index in [1.54, 1.807) is 6.33 Å². The Labute approximate surface area is 238 Å². The number of nitrogens with zero attached hydrogens (tertiary/aromatic N) is 5. The minimum absolute atomic E-state index is 0.0741. The molecule has 41 heavy (non-hydrogen) atoms. The Morgan fingerprint density at radius 2 is 1.80 bits per heavy atom. The Morgan fingerprint density at radius 3 is 2.41 bits per heavy atom. The number of rotatable bonds is 7. The molecule has 0 spiro atoms. The number of benzene rings is 1. The number of hydrogen-bond donors (Lipinski definition) is 3. The van der Waals surface area contributed by atoms with Crippen LogP contribution in [0, 0.1) is 5.92 Å². The molecule has 1 atom stereocenters. The summed E-state index contributed by atoms with van der Waals surface area (Å²) in [6.45, 7) is 4.27. The van der Waals surface area contributed by atoms with E-state index in [-0.39, 0.29) is 12.5 Å². The minimum Gasteiger partial charge on any atom is -0.400 e.